The van der Waals surface area contributed by atoms with E-state index in [0.29, 0.717) is 103 Å². The van der Waals surface area contributed by atoms with E-state index >= 15 is 0 Å². The summed E-state index contributed by atoms with van der Waals surface area (Å²) >= 11 is 0. The summed E-state index contributed by atoms with van der Waals surface area (Å²) in [5.41, 5.74) is 16.6. The van der Waals surface area contributed by atoms with Crippen LogP contribution in [-0.4, -0.2) is 122 Å². The first-order chi connectivity index (χ1) is 31.6. The summed E-state index contributed by atoms with van der Waals surface area (Å²) in [6, 6.07) is -6.81. The predicted octanol–water partition coefficient (Wildman–Crippen LogP) is 0.618. The first kappa shape index (κ1) is 59.3. The molecule has 1 rings (SSSR count). The first-order valence-corrected chi connectivity index (χ1v) is 24.6. The fourth-order valence-electron chi connectivity index (χ4n) is 7.24. The van der Waals surface area contributed by atoms with E-state index in [9.17, 15) is 43.2 Å². The highest BCUT2D eigenvalue weighted by Gasteiger charge is 2.32. The fraction of sp³-hybridized carbons (Fsp3) is 0.804. The van der Waals surface area contributed by atoms with Crippen LogP contribution in [0.3, 0.4) is 0 Å². The van der Waals surface area contributed by atoms with Gasteiger partial charge in [0.15, 0.2) is 0 Å². The molecule has 8 amide bonds. The Kier molecular flexibility index (Phi) is 32.7. The fourth-order valence-corrected chi connectivity index (χ4v) is 7.24. The lowest BCUT2D eigenvalue weighted by Crippen LogP contribution is -2.60. The molecule has 1 heterocycles. The number of nitrogens with one attached hydrogen (secondary N) is 8. The van der Waals surface area contributed by atoms with Crippen molar-refractivity contribution in [2.75, 3.05) is 32.7 Å². The van der Waals surface area contributed by atoms with E-state index < -0.39 is 71.7 Å². The van der Waals surface area contributed by atoms with Gasteiger partial charge in [-0.25, -0.2) is 0 Å². The van der Waals surface area contributed by atoms with Crippen LogP contribution in [0.1, 0.15) is 168 Å². The summed E-state index contributed by atoms with van der Waals surface area (Å²) in [6.07, 6.45) is 13.0. The van der Waals surface area contributed by atoms with Gasteiger partial charge < -0.3 is 59.7 Å². The normalized spacial score (nSPS) is 21.2. The number of ketones is 1. The summed E-state index contributed by atoms with van der Waals surface area (Å²) in [5, 5.41) is 21.8. The van der Waals surface area contributed by atoms with Crippen LogP contribution in [0.25, 0.3) is 0 Å². The number of rotatable bonds is 31. The quantitative estimate of drug-likeness (QED) is 0.0427. The Hall–Kier alpha value is -4.69. The van der Waals surface area contributed by atoms with Crippen molar-refractivity contribution in [2.45, 2.75) is 205 Å². The number of hydrogen-bond acceptors (Lipinski definition) is 12. The van der Waals surface area contributed by atoms with Crippen LogP contribution < -0.4 is 59.7 Å². The Morgan fingerprint density at radius 3 is 0.985 bits per heavy atom. The Bertz CT molecular complexity index is 1330. The number of hydrogen-bond donors (Lipinski definition) is 11. The van der Waals surface area contributed by atoms with E-state index in [1.54, 1.807) is 0 Å². The van der Waals surface area contributed by atoms with Gasteiger partial charge in [-0.3, -0.25) is 43.2 Å². The van der Waals surface area contributed by atoms with E-state index in [0.717, 1.165) is 57.8 Å². The average Bonchev–Trinajstić information content (AvgIpc) is 3.28. The Balaban J connectivity index is 3.21. The van der Waals surface area contributed by atoms with Crippen molar-refractivity contribution in [1.82, 2.24) is 42.5 Å². The monoisotopic (exact) mass is 936 g/mol. The number of carbonyl (C=O) groups excluding carboxylic acids is 9. The molecule has 0 aliphatic carbocycles. The van der Waals surface area contributed by atoms with E-state index in [4.69, 9.17) is 17.2 Å². The number of unbranched alkanes of at least 4 members (excludes halogenated alkanes) is 10. The molecule has 0 spiro atoms. The molecule has 0 unspecified atom stereocenters. The molecule has 0 aromatic rings. The lowest BCUT2D eigenvalue weighted by molar-refractivity contribution is -0.136. The standard InChI is InChI=1S/C46H85N11O9/c1-32-41(61)55-36(22-10-4-8-20-35(58)21-9-5-15-27-47)44(64)52-33(2)42(62)56-38(24-14-19-31-51-40(60)26-12-7-17-29-49)46(66)54-34(3)43(63)57-37(45(65)53-32)23-13-18-30-50-39(59)25-11-6-16-28-48/h32-34,36-38H,4-31,47-49H2,1-3H3,(H,50,59)(H,51,60)(H,52,64)(H,53,65)(H,54,66)(H,55,61)(H,56,62)(H,57,63)/t32-,33-,34-,36+,37+,38+/m1/s1. The van der Waals surface area contributed by atoms with Crippen molar-refractivity contribution in [3.63, 3.8) is 0 Å². The maximum atomic E-state index is 13.7. The molecule has 20 heteroatoms. The summed E-state index contributed by atoms with van der Waals surface area (Å²) in [4.78, 5) is 119. The molecule has 66 heavy (non-hydrogen) atoms. The highest BCUT2D eigenvalue weighted by molar-refractivity contribution is 5.98. The minimum Gasteiger partial charge on any atom is -0.356 e. The third-order valence-corrected chi connectivity index (χ3v) is 11.5. The summed E-state index contributed by atoms with van der Waals surface area (Å²) < 4.78 is 0. The van der Waals surface area contributed by atoms with Crippen LogP contribution in [0.5, 0.6) is 0 Å². The zero-order valence-corrected chi connectivity index (χ0v) is 40.2. The molecule has 1 aliphatic rings. The van der Waals surface area contributed by atoms with Crippen LogP contribution in [0.2, 0.25) is 0 Å². The van der Waals surface area contributed by atoms with Gasteiger partial charge in [-0.15, -0.1) is 0 Å². The van der Waals surface area contributed by atoms with Gasteiger partial charge in [-0.1, -0.05) is 32.1 Å². The van der Waals surface area contributed by atoms with Crippen molar-refractivity contribution in [2.24, 2.45) is 17.2 Å². The van der Waals surface area contributed by atoms with Gasteiger partial charge in [-0.05, 0) is 130 Å². The third kappa shape index (κ3) is 27.7. The lowest BCUT2D eigenvalue weighted by atomic mass is 10.0. The topological polar surface area (TPSA) is 328 Å². The minimum absolute atomic E-state index is 0.0918. The highest BCUT2D eigenvalue weighted by atomic mass is 16.2. The summed E-state index contributed by atoms with van der Waals surface area (Å²) in [7, 11) is 0. The summed E-state index contributed by atoms with van der Waals surface area (Å²) in [5.74, 6) is -4.03. The van der Waals surface area contributed by atoms with Gasteiger partial charge in [0.1, 0.15) is 42.0 Å². The van der Waals surface area contributed by atoms with Gasteiger partial charge in [-0.2, -0.15) is 0 Å². The predicted molar refractivity (Wildman–Crippen MR) is 253 cm³/mol. The molecule has 1 aliphatic heterocycles. The molecule has 0 bridgehead atoms. The molecule has 0 aromatic carbocycles. The summed E-state index contributed by atoms with van der Waals surface area (Å²) in [6.45, 7) is 6.76. The second-order valence-electron chi connectivity index (χ2n) is 17.5. The van der Waals surface area contributed by atoms with E-state index in [2.05, 4.69) is 42.5 Å². The number of carbonyl (C=O) groups is 9. The van der Waals surface area contributed by atoms with Gasteiger partial charge in [0.25, 0.3) is 0 Å². The molecule has 1 saturated heterocycles. The van der Waals surface area contributed by atoms with Crippen molar-refractivity contribution in [3.8, 4) is 0 Å². The van der Waals surface area contributed by atoms with E-state index in [1.807, 2.05) is 0 Å². The van der Waals surface area contributed by atoms with Crippen molar-refractivity contribution in [3.05, 3.63) is 0 Å². The van der Waals surface area contributed by atoms with E-state index in [1.165, 1.54) is 20.8 Å². The molecule has 0 radical (unpaired) electrons. The van der Waals surface area contributed by atoms with Crippen molar-refractivity contribution >= 4 is 53.0 Å². The smallest absolute Gasteiger partial charge is 0.243 e. The van der Waals surface area contributed by atoms with Crippen molar-refractivity contribution in [1.29, 1.82) is 0 Å². The maximum absolute atomic E-state index is 13.7. The highest BCUT2D eigenvalue weighted by Crippen LogP contribution is 2.12. The van der Waals surface area contributed by atoms with Crippen LogP contribution in [0.4, 0.5) is 0 Å². The number of amides is 8. The zero-order chi connectivity index (χ0) is 49.1. The van der Waals surface area contributed by atoms with Crippen LogP contribution in [0.15, 0.2) is 0 Å². The van der Waals surface area contributed by atoms with Gasteiger partial charge in [0.05, 0.1) is 0 Å². The largest absolute Gasteiger partial charge is 0.356 e. The lowest BCUT2D eigenvalue weighted by Gasteiger charge is -2.27. The molecule has 6 atom stereocenters. The Labute approximate surface area is 392 Å². The Morgan fingerprint density at radius 1 is 0.379 bits per heavy atom. The molecule has 20 nitrogen and oxygen atoms in total. The van der Waals surface area contributed by atoms with Gasteiger partial charge in [0.2, 0.25) is 47.3 Å². The average molecular weight is 936 g/mol. The molecule has 0 aromatic heterocycles. The molecule has 0 saturated carbocycles. The molecule has 1 fully saturated rings. The third-order valence-electron chi connectivity index (χ3n) is 11.5. The Morgan fingerprint density at radius 2 is 0.667 bits per heavy atom. The van der Waals surface area contributed by atoms with Crippen molar-refractivity contribution < 1.29 is 43.2 Å². The zero-order valence-electron chi connectivity index (χ0n) is 40.2. The molecular formula is C46H85N11O9. The minimum atomic E-state index is -1.15. The second-order valence-corrected chi connectivity index (χ2v) is 17.5. The first-order valence-electron chi connectivity index (χ1n) is 24.6. The number of Topliss-reactive ketones (excluding diaryl/α,β-unsaturated/α-hetero) is 1. The van der Waals surface area contributed by atoms with Crippen LogP contribution in [0, 0.1) is 0 Å². The molecule has 378 valence electrons. The van der Waals surface area contributed by atoms with Gasteiger partial charge >= 0.3 is 0 Å². The molecular weight excluding hydrogens is 851 g/mol. The van der Waals surface area contributed by atoms with Crippen LogP contribution >= 0.6 is 0 Å². The van der Waals surface area contributed by atoms with Crippen LogP contribution in [-0.2, 0) is 43.2 Å². The SMILES string of the molecule is C[C@H]1NC(=O)[C@H](CCCCCC(=O)CCCCCN)NC(=O)[C@@H](C)NC(=O)[C@H](CCCCNC(=O)CCCCCN)NC(=O)[C@@H](C)NC(=O)[C@H](CCCCNC(=O)CCCCCN)NC1=O. The second kappa shape index (κ2) is 36.4. The number of nitrogens with two attached hydrogens (primary N) is 3. The maximum Gasteiger partial charge on any atom is 0.243 e. The van der Waals surface area contributed by atoms with E-state index in [-0.39, 0.29) is 36.9 Å². The van der Waals surface area contributed by atoms with Gasteiger partial charge in [0, 0.05) is 38.8 Å². The molecule has 14 N–H and O–H groups in total.